The van der Waals surface area contributed by atoms with Crippen LogP contribution in [-0.2, 0) is 0 Å². The van der Waals surface area contributed by atoms with Crippen LogP contribution in [-0.4, -0.2) is 24.6 Å². The van der Waals surface area contributed by atoms with Crippen molar-refractivity contribution in [1.82, 2.24) is 4.98 Å². The smallest absolute Gasteiger partial charge is 0.0399 e. The molecule has 1 atom stereocenters. The Balaban J connectivity index is 2.03. The summed E-state index contributed by atoms with van der Waals surface area (Å²) in [7, 11) is 0. The maximum Gasteiger partial charge on any atom is 0.0399 e. The molecule has 2 N–H and O–H groups in total. The van der Waals surface area contributed by atoms with E-state index in [0.29, 0.717) is 0 Å². The minimum Gasteiger partial charge on any atom is -0.371 e. The van der Waals surface area contributed by atoms with E-state index in [0.717, 1.165) is 31.1 Å². The molecule has 0 saturated carbocycles. The molecule has 3 heteroatoms. The molecule has 1 aromatic heterocycles. The van der Waals surface area contributed by atoms with Gasteiger partial charge in [-0.2, -0.15) is 0 Å². The highest BCUT2D eigenvalue weighted by molar-refractivity contribution is 5.46. The van der Waals surface area contributed by atoms with E-state index < -0.39 is 0 Å². The molecule has 3 nitrogen and oxygen atoms in total. The average Bonchev–Trinajstić information content (AvgIpc) is 2.30. The lowest BCUT2D eigenvalue weighted by Crippen LogP contribution is -2.36. The van der Waals surface area contributed by atoms with Crippen molar-refractivity contribution < 1.29 is 0 Å². The number of nitrogens with two attached hydrogens (primary N) is 1. The first-order chi connectivity index (χ1) is 7.79. The predicted molar refractivity (Wildman–Crippen MR) is 67.6 cm³/mol. The molecule has 1 fully saturated rings. The zero-order chi connectivity index (χ0) is 11.4. The average molecular weight is 219 g/mol. The molecular weight excluding hydrogens is 198 g/mol. The first-order valence-electron chi connectivity index (χ1n) is 6.17. The number of anilines is 1. The van der Waals surface area contributed by atoms with E-state index in [4.69, 9.17) is 5.73 Å². The van der Waals surface area contributed by atoms with Gasteiger partial charge in [0.1, 0.15) is 0 Å². The van der Waals surface area contributed by atoms with Crippen LogP contribution in [0.25, 0.3) is 0 Å². The van der Waals surface area contributed by atoms with Crippen molar-refractivity contribution >= 4 is 5.69 Å². The summed E-state index contributed by atoms with van der Waals surface area (Å²) in [5, 5.41) is 0. The predicted octanol–water partition coefficient (Wildman–Crippen LogP) is 1.96. The van der Waals surface area contributed by atoms with Gasteiger partial charge in [0.2, 0.25) is 0 Å². The van der Waals surface area contributed by atoms with Crippen molar-refractivity contribution in [2.75, 3.05) is 24.5 Å². The molecule has 0 radical (unpaired) electrons. The van der Waals surface area contributed by atoms with Crippen LogP contribution in [0.4, 0.5) is 5.69 Å². The van der Waals surface area contributed by atoms with Crippen LogP contribution >= 0.6 is 0 Å². The Labute approximate surface area is 97.7 Å². The van der Waals surface area contributed by atoms with Crippen LogP contribution in [0.3, 0.4) is 0 Å². The van der Waals surface area contributed by atoms with Gasteiger partial charge in [-0.1, -0.05) is 0 Å². The third-order valence-electron chi connectivity index (χ3n) is 3.34. The lowest BCUT2D eigenvalue weighted by atomic mass is 9.94. The largest absolute Gasteiger partial charge is 0.371 e. The van der Waals surface area contributed by atoms with Crippen molar-refractivity contribution in [1.29, 1.82) is 0 Å². The number of aryl methyl sites for hydroxylation is 1. The van der Waals surface area contributed by atoms with Crippen molar-refractivity contribution in [2.24, 2.45) is 11.7 Å². The molecule has 1 unspecified atom stereocenters. The molecule has 2 rings (SSSR count). The highest BCUT2D eigenvalue weighted by atomic mass is 15.1. The summed E-state index contributed by atoms with van der Waals surface area (Å²) in [5.41, 5.74) is 8.05. The fourth-order valence-electron chi connectivity index (χ4n) is 2.50. The fraction of sp³-hybridized carbons (Fsp3) is 0.615. The summed E-state index contributed by atoms with van der Waals surface area (Å²) >= 11 is 0. The standard InChI is InChI=1S/C13H21N3/c1-11-9-13(5-7-15-11)16-8-2-3-12(10-16)4-6-14/h5,7,9,12H,2-4,6,8,10,14H2,1H3. The maximum absolute atomic E-state index is 5.64. The molecule has 0 aliphatic carbocycles. The Morgan fingerprint density at radius 3 is 3.19 bits per heavy atom. The third kappa shape index (κ3) is 2.73. The van der Waals surface area contributed by atoms with Gasteiger partial charge in [-0.05, 0) is 50.8 Å². The van der Waals surface area contributed by atoms with Crippen LogP contribution in [0, 0.1) is 12.8 Å². The SMILES string of the molecule is Cc1cc(N2CCCC(CCN)C2)ccn1. The molecule has 0 spiro atoms. The molecule has 1 aliphatic heterocycles. The van der Waals surface area contributed by atoms with Crippen LogP contribution in [0.5, 0.6) is 0 Å². The molecule has 16 heavy (non-hydrogen) atoms. The molecule has 1 aliphatic rings. The lowest BCUT2D eigenvalue weighted by Gasteiger charge is -2.34. The minimum absolute atomic E-state index is 0.771. The van der Waals surface area contributed by atoms with Gasteiger partial charge in [-0.15, -0.1) is 0 Å². The summed E-state index contributed by atoms with van der Waals surface area (Å²) in [5.74, 6) is 0.771. The number of rotatable bonds is 3. The number of aromatic nitrogens is 1. The van der Waals surface area contributed by atoms with Gasteiger partial charge < -0.3 is 10.6 Å². The quantitative estimate of drug-likeness (QED) is 0.845. The Hall–Kier alpha value is -1.09. The van der Waals surface area contributed by atoms with Gasteiger partial charge >= 0.3 is 0 Å². The lowest BCUT2D eigenvalue weighted by molar-refractivity contribution is 0.396. The number of piperidine rings is 1. The highest BCUT2D eigenvalue weighted by Gasteiger charge is 2.19. The zero-order valence-corrected chi connectivity index (χ0v) is 10.0. The van der Waals surface area contributed by atoms with Crippen LogP contribution < -0.4 is 10.6 Å². The second kappa shape index (κ2) is 5.30. The second-order valence-electron chi connectivity index (χ2n) is 4.69. The summed E-state index contributed by atoms with van der Waals surface area (Å²) in [6.45, 7) is 5.18. The number of hydrogen-bond donors (Lipinski definition) is 1. The van der Waals surface area contributed by atoms with E-state index in [1.54, 1.807) is 0 Å². The molecule has 0 aromatic carbocycles. The molecule has 1 aromatic rings. The van der Waals surface area contributed by atoms with E-state index in [-0.39, 0.29) is 0 Å². The Morgan fingerprint density at radius 2 is 2.44 bits per heavy atom. The Kier molecular flexibility index (Phi) is 3.78. The summed E-state index contributed by atoms with van der Waals surface area (Å²) < 4.78 is 0. The monoisotopic (exact) mass is 219 g/mol. The molecule has 0 bridgehead atoms. The molecule has 88 valence electrons. The maximum atomic E-state index is 5.64. The van der Waals surface area contributed by atoms with Gasteiger partial charge in [0.15, 0.2) is 0 Å². The first kappa shape index (κ1) is 11.4. The van der Waals surface area contributed by atoms with E-state index >= 15 is 0 Å². The third-order valence-corrected chi connectivity index (χ3v) is 3.34. The van der Waals surface area contributed by atoms with Gasteiger partial charge in [-0.25, -0.2) is 0 Å². The van der Waals surface area contributed by atoms with E-state index in [1.807, 2.05) is 13.1 Å². The topological polar surface area (TPSA) is 42.1 Å². The second-order valence-corrected chi connectivity index (χ2v) is 4.69. The van der Waals surface area contributed by atoms with E-state index in [2.05, 4.69) is 22.0 Å². The van der Waals surface area contributed by atoms with Crippen molar-refractivity contribution in [2.45, 2.75) is 26.2 Å². The summed E-state index contributed by atoms with van der Waals surface area (Å²) in [6, 6.07) is 4.28. The van der Waals surface area contributed by atoms with Crippen LogP contribution in [0.2, 0.25) is 0 Å². The van der Waals surface area contributed by atoms with Gasteiger partial charge in [0.05, 0.1) is 0 Å². The Bertz CT molecular complexity index is 336. The molecule has 1 saturated heterocycles. The van der Waals surface area contributed by atoms with Crippen molar-refractivity contribution in [3.8, 4) is 0 Å². The molecule has 2 heterocycles. The first-order valence-corrected chi connectivity index (χ1v) is 6.17. The number of hydrogen-bond acceptors (Lipinski definition) is 3. The zero-order valence-electron chi connectivity index (χ0n) is 10.0. The van der Waals surface area contributed by atoms with Gasteiger partial charge in [0, 0.05) is 30.7 Å². The normalized spacial score (nSPS) is 21.1. The van der Waals surface area contributed by atoms with Gasteiger partial charge in [0.25, 0.3) is 0 Å². The Morgan fingerprint density at radius 1 is 1.56 bits per heavy atom. The van der Waals surface area contributed by atoms with Crippen molar-refractivity contribution in [3.63, 3.8) is 0 Å². The van der Waals surface area contributed by atoms with Gasteiger partial charge in [-0.3, -0.25) is 4.98 Å². The van der Waals surface area contributed by atoms with E-state index in [9.17, 15) is 0 Å². The highest BCUT2D eigenvalue weighted by Crippen LogP contribution is 2.24. The van der Waals surface area contributed by atoms with Crippen LogP contribution in [0.15, 0.2) is 18.3 Å². The fourth-order valence-corrected chi connectivity index (χ4v) is 2.50. The summed E-state index contributed by atoms with van der Waals surface area (Å²) in [4.78, 5) is 6.71. The number of nitrogens with zero attached hydrogens (tertiary/aromatic N) is 2. The van der Waals surface area contributed by atoms with Crippen LogP contribution in [0.1, 0.15) is 25.0 Å². The number of pyridine rings is 1. The minimum atomic E-state index is 0.771. The molecular formula is C13H21N3. The van der Waals surface area contributed by atoms with Crippen molar-refractivity contribution in [3.05, 3.63) is 24.0 Å². The molecule has 0 amide bonds. The van der Waals surface area contributed by atoms with E-state index in [1.165, 1.54) is 25.1 Å². The summed E-state index contributed by atoms with van der Waals surface area (Å²) in [6.07, 6.45) is 5.67.